The van der Waals surface area contributed by atoms with E-state index in [1.165, 1.54) is 19.2 Å². The molecule has 0 bridgehead atoms. The second-order valence-electron chi connectivity index (χ2n) is 8.48. The van der Waals surface area contributed by atoms with Crippen molar-refractivity contribution >= 4 is 40.7 Å². The zero-order chi connectivity index (χ0) is 25.6. The second-order valence-corrected chi connectivity index (χ2v) is 9.29. The molecular weight excluding hydrogens is 504 g/mol. The fraction of sp³-hybridized carbons (Fsp3) is 0.143. The maximum absolute atomic E-state index is 13.5. The molecule has 0 spiro atoms. The van der Waals surface area contributed by atoms with Gasteiger partial charge < -0.3 is 14.8 Å². The molecule has 0 fully saturated rings. The Bertz CT molecular complexity index is 1450. The van der Waals surface area contributed by atoms with Crippen LogP contribution in [-0.2, 0) is 16.1 Å². The summed E-state index contributed by atoms with van der Waals surface area (Å²) in [5.41, 5.74) is 4.54. The highest BCUT2D eigenvalue weighted by molar-refractivity contribution is 6.37. The Labute approximate surface area is 217 Å². The van der Waals surface area contributed by atoms with Crippen molar-refractivity contribution in [1.82, 2.24) is 5.32 Å². The number of carbonyl (C=O) groups is 2. The Morgan fingerprint density at radius 3 is 2.31 bits per heavy atom. The van der Waals surface area contributed by atoms with Gasteiger partial charge in [-0.15, -0.1) is 0 Å². The van der Waals surface area contributed by atoms with Gasteiger partial charge in [-0.05, 0) is 42.3 Å². The number of hydrogen-bond donors (Lipinski definition) is 1. The first-order valence-corrected chi connectivity index (χ1v) is 11.9. The summed E-state index contributed by atoms with van der Waals surface area (Å²) in [7, 11) is 1.29. The Hall–Kier alpha value is -3.61. The minimum atomic E-state index is -0.755. The normalized spacial score (nSPS) is 16.5. The van der Waals surface area contributed by atoms with Gasteiger partial charge in [0.25, 0.3) is 0 Å². The predicted octanol–water partition coefficient (Wildman–Crippen LogP) is 6.45. The molecular formula is C28H20Cl2FNO4. The number of fused-ring (bicyclic) bond motifs is 2. The van der Waals surface area contributed by atoms with Crippen LogP contribution < -0.4 is 10.1 Å². The summed E-state index contributed by atoms with van der Waals surface area (Å²) < 4.78 is 24.1. The monoisotopic (exact) mass is 523 g/mol. The van der Waals surface area contributed by atoms with Gasteiger partial charge in [0.05, 0.1) is 28.4 Å². The average Bonchev–Trinajstić information content (AvgIpc) is 3.14. The molecule has 3 aromatic carbocycles. The molecule has 1 atom stereocenters. The molecule has 0 aromatic heterocycles. The van der Waals surface area contributed by atoms with E-state index in [-0.39, 0.29) is 34.0 Å². The van der Waals surface area contributed by atoms with Crippen LogP contribution in [0.3, 0.4) is 0 Å². The first kappa shape index (κ1) is 24.1. The second kappa shape index (κ2) is 9.45. The number of rotatable bonds is 5. The van der Waals surface area contributed by atoms with Gasteiger partial charge in [-0.25, -0.2) is 9.18 Å². The van der Waals surface area contributed by atoms with E-state index in [2.05, 4.69) is 5.32 Å². The Balaban J connectivity index is 1.57. The number of ether oxygens (including phenoxy) is 2. The van der Waals surface area contributed by atoms with Crippen LogP contribution in [0.1, 0.15) is 39.9 Å². The molecule has 5 rings (SSSR count). The average molecular weight is 524 g/mol. The molecule has 3 aromatic rings. The summed E-state index contributed by atoms with van der Waals surface area (Å²) in [4.78, 5) is 26.4. The molecule has 5 nitrogen and oxygen atoms in total. The zero-order valence-corrected chi connectivity index (χ0v) is 20.8. The molecule has 8 heteroatoms. The molecule has 0 saturated carbocycles. The van der Waals surface area contributed by atoms with Crippen molar-refractivity contribution in [1.29, 1.82) is 0 Å². The number of allylic oxidation sites excluding steroid dienone is 2. The summed E-state index contributed by atoms with van der Waals surface area (Å²) in [6, 6.07) is 16.4. The van der Waals surface area contributed by atoms with E-state index in [1.54, 1.807) is 43.3 Å². The van der Waals surface area contributed by atoms with E-state index in [1.807, 2.05) is 12.1 Å². The number of dihydropyridines is 1. The molecule has 36 heavy (non-hydrogen) atoms. The molecule has 0 amide bonds. The molecule has 0 unspecified atom stereocenters. The van der Waals surface area contributed by atoms with Crippen LogP contribution in [0, 0.1) is 5.82 Å². The number of nitrogens with one attached hydrogen (secondary N) is 1. The van der Waals surface area contributed by atoms with Gasteiger partial charge in [-0.1, -0.05) is 59.6 Å². The van der Waals surface area contributed by atoms with Crippen LogP contribution in [0.4, 0.5) is 4.39 Å². The molecule has 1 aliphatic heterocycles. The highest BCUT2D eigenvalue weighted by atomic mass is 35.5. The summed E-state index contributed by atoms with van der Waals surface area (Å²) in [6.07, 6.45) is 0. The number of Topliss-reactive ketones (excluding diaryl/α,β-unsaturated/α-hetero) is 1. The van der Waals surface area contributed by atoms with Crippen LogP contribution in [-0.4, -0.2) is 18.9 Å². The van der Waals surface area contributed by atoms with Crippen LogP contribution in [0.15, 0.2) is 77.5 Å². The van der Waals surface area contributed by atoms with Crippen LogP contribution in [0.5, 0.6) is 5.75 Å². The van der Waals surface area contributed by atoms with Gasteiger partial charge in [0.2, 0.25) is 0 Å². The van der Waals surface area contributed by atoms with Gasteiger partial charge in [-0.3, -0.25) is 4.79 Å². The summed E-state index contributed by atoms with van der Waals surface area (Å²) in [6.45, 7) is 1.89. The van der Waals surface area contributed by atoms with Gasteiger partial charge in [-0.2, -0.15) is 0 Å². The van der Waals surface area contributed by atoms with E-state index in [9.17, 15) is 14.0 Å². The maximum atomic E-state index is 13.5. The number of halogens is 3. The third-order valence-electron chi connectivity index (χ3n) is 6.30. The number of methoxy groups -OCH3 is 1. The Kier molecular flexibility index (Phi) is 6.33. The smallest absolute Gasteiger partial charge is 0.336 e. The Morgan fingerprint density at radius 1 is 1.03 bits per heavy atom. The molecule has 1 aliphatic carbocycles. The predicted molar refractivity (Wildman–Crippen MR) is 135 cm³/mol. The quantitative estimate of drug-likeness (QED) is 0.389. The van der Waals surface area contributed by atoms with Gasteiger partial charge in [0.15, 0.2) is 11.5 Å². The zero-order valence-electron chi connectivity index (χ0n) is 19.3. The van der Waals surface area contributed by atoms with Crippen LogP contribution in [0.25, 0.3) is 5.70 Å². The SMILES string of the molecule is COC(=O)C1=C(C)NC2=C(C(=O)c3ccccc32)[C@H]1c1cc(Cl)c(OCc2ccc(F)cc2)c(Cl)c1. The van der Waals surface area contributed by atoms with Crippen molar-refractivity contribution in [2.24, 2.45) is 0 Å². The molecule has 0 radical (unpaired) electrons. The lowest BCUT2D eigenvalue weighted by Gasteiger charge is -2.29. The fourth-order valence-corrected chi connectivity index (χ4v) is 5.28. The number of ketones is 1. The third kappa shape index (κ3) is 4.06. The van der Waals surface area contributed by atoms with E-state index in [4.69, 9.17) is 32.7 Å². The van der Waals surface area contributed by atoms with E-state index >= 15 is 0 Å². The lowest BCUT2D eigenvalue weighted by atomic mass is 9.80. The highest BCUT2D eigenvalue weighted by Gasteiger charge is 2.43. The van der Waals surface area contributed by atoms with Crippen LogP contribution in [0.2, 0.25) is 10.0 Å². The lowest BCUT2D eigenvalue weighted by Crippen LogP contribution is -2.29. The van der Waals surface area contributed by atoms with Crippen molar-refractivity contribution in [2.45, 2.75) is 19.4 Å². The van der Waals surface area contributed by atoms with Gasteiger partial charge >= 0.3 is 5.97 Å². The largest absolute Gasteiger partial charge is 0.486 e. The topological polar surface area (TPSA) is 64.6 Å². The molecule has 0 saturated heterocycles. The number of carbonyl (C=O) groups excluding carboxylic acids is 2. The highest BCUT2D eigenvalue weighted by Crippen LogP contribution is 2.48. The molecule has 2 aliphatic rings. The first-order chi connectivity index (χ1) is 17.3. The van der Waals surface area contributed by atoms with Crippen LogP contribution >= 0.6 is 23.2 Å². The Morgan fingerprint density at radius 2 is 1.67 bits per heavy atom. The van der Waals surface area contributed by atoms with Crippen molar-refractivity contribution in [3.05, 3.63) is 116 Å². The van der Waals surface area contributed by atoms with Gasteiger partial charge in [0, 0.05) is 28.3 Å². The minimum absolute atomic E-state index is 0.127. The third-order valence-corrected chi connectivity index (χ3v) is 6.87. The number of esters is 1. The standard InChI is InChI=1S/C28H20Cl2FNO4/c1-14-22(28(34)35-2)23(24-25(32-14)18-5-3-4-6-19(18)26(24)33)16-11-20(29)27(21(30)12-16)36-13-15-7-9-17(31)10-8-15/h3-12,23,32H,13H2,1-2H3/t23-/m0/s1. The lowest BCUT2D eigenvalue weighted by molar-refractivity contribution is -0.136. The molecule has 1 N–H and O–H groups in total. The fourth-order valence-electron chi connectivity index (χ4n) is 4.66. The summed E-state index contributed by atoms with van der Waals surface area (Å²) in [5, 5.41) is 3.66. The first-order valence-electron chi connectivity index (χ1n) is 11.1. The van der Waals surface area contributed by atoms with Gasteiger partial charge in [0.1, 0.15) is 12.4 Å². The molecule has 1 heterocycles. The summed E-state index contributed by atoms with van der Waals surface area (Å²) in [5.74, 6) is -1.60. The maximum Gasteiger partial charge on any atom is 0.336 e. The van der Waals surface area contributed by atoms with Crippen molar-refractivity contribution in [3.8, 4) is 5.75 Å². The summed E-state index contributed by atoms with van der Waals surface area (Å²) >= 11 is 13.2. The van der Waals surface area contributed by atoms with Crippen molar-refractivity contribution in [2.75, 3.05) is 7.11 Å². The van der Waals surface area contributed by atoms with E-state index < -0.39 is 11.9 Å². The van der Waals surface area contributed by atoms with Crippen molar-refractivity contribution < 1.29 is 23.5 Å². The minimum Gasteiger partial charge on any atom is -0.486 e. The number of hydrogen-bond acceptors (Lipinski definition) is 5. The number of benzene rings is 3. The van der Waals surface area contributed by atoms with E-state index in [0.29, 0.717) is 33.7 Å². The molecule has 182 valence electrons. The van der Waals surface area contributed by atoms with Crippen molar-refractivity contribution in [3.63, 3.8) is 0 Å². The van der Waals surface area contributed by atoms with E-state index in [0.717, 1.165) is 11.1 Å².